The molecule has 0 spiro atoms. The molecule has 3 heteroatoms. The van der Waals surface area contributed by atoms with Gasteiger partial charge in [0.05, 0.1) is 19.0 Å². The Balaban J connectivity index is 2.46. The number of hydrogen-bond acceptors (Lipinski definition) is 1. The van der Waals surface area contributed by atoms with Gasteiger partial charge in [-0.1, -0.05) is 0 Å². The molecule has 1 saturated heterocycles. The zero-order valence-corrected chi connectivity index (χ0v) is 7.97. The number of piperidine rings is 1. The van der Waals surface area contributed by atoms with Gasteiger partial charge in [-0.15, -0.1) is 0 Å². The number of likely N-dealkylation sites (tertiary alicyclic amines) is 1. The van der Waals surface area contributed by atoms with E-state index in [1.165, 1.54) is 4.90 Å². The van der Waals surface area contributed by atoms with E-state index >= 15 is 0 Å². The van der Waals surface area contributed by atoms with Crippen molar-refractivity contribution in [1.29, 1.82) is 0 Å². The zero-order valence-electron chi connectivity index (χ0n) is 7.97. The zero-order chi connectivity index (χ0) is 9.14. The van der Waals surface area contributed by atoms with Gasteiger partial charge in [0.1, 0.15) is 0 Å². The van der Waals surface area contributed by atoms with Crippen molar-refractivity contribution in [2.75, 3.05) is 27.2 Å². The molecule has 0 radical (unpaired) electrons. The molecule has 2 atom stereocenters. The number of quaternary nitrogens is 1. The molecule has 0 aliphatic carbocycles. The summed E-state index contributed by atoms with van der Waals surface area (Å²) in [5.74, 6) is 0.470. The van der Waals surface area contributed by atoms with E-state index in [9.17, 15) is 4.79 Å². The molecule has 1 amide bonds. The predicted octanol–water partition coefficient (Wildman–Crippen LogP) is -0.839. The first-order valence-electron chi connectivity index (χ1n) is 4.49. The summed E-state index contributed by atoms with van der Waals surface area (Å²) in [5.41, 5.74) is 0. The Hall–Kier alpha value is -0.570. The van der Waals surface area contributed by atoms with Gasteiger partial charge in [0.2, 0.25) is 5.91 Å². The van der Waals surface area contributed by atoms with E-state index < -0.39 is 0 Å². The smallest absolute Gasteiger partial charge is 0.230 e. The molecule has 1 rings (SSSR count). The minimum atomic E-state index is 0.209. The Kier molecular flexibility index (Phi) is 3.09. The second-order valence-corrected chi connectivity index (χ2v) is 3.78. The van der Waals surface area contributed by atoms with Crippen LogP contribution in [0.4, 0.5) is 0 Å². The molecule has 0 aromatic heterocycles. The number of carbonyl (C=O) groups is 1. The minimum absolute atomic E-state index is 0.209. The molecule has 0 bridgehead atoms. The Morgan fingerprint density at radius 1 is 1.58 bits per heavy atom. The van der Waals surface area contributed by atoms with Gasteiger partial charge in [-0.3, -0.25) is 4.79 Å². The first-order valence-corrected chi connectivity index (χ1v) is 4.49. The van der Waals surface area contributed by atoms with Gasteiger partial charge in [0.15, 0.2) is 0 Å². The van der Waals surface area contributed by atoms with Crippen molar-refractivity contribution < 1.29 is 9.69 Å². The van der Waals surface area contributed by atoms with Crippen molar-refractivity contribution in [2.45, 2.75) is 12.8 Å². The summed E-state index contributed by atoms with van der Waals surface area (Å²) < 4.78 is 0. The van der Waals surface area contributed by atoms with E-state index in [1.807, 2.05) is 14.1 Å². The predicted molar refractivity (Wildman–Crippen MR) is 47.5 cm³/mol. The van der Waals surface area contributed by atoms with Crippen LogP contribution in [-0.2, 0) is 4.79 Å². The summed E-state index contributed by atoms with van der Waals surface area (Å²) >= 11 is 0. The van der Waals surface area contributed by atoms with Crippen molar-refractivity contribution in [3.8, 4) is 0 Å². The van der Waals surface area contributed by atoms with E-state index in [2.05, 4.69) is 7.05 Å². The summed E-state index contributed by atoms with van der Waals surface area (Å²) in [5, 5.41) is 0. The highest BCUT2D eigenvalue weighted by Crippen LogP contribution is 2.09. The van der Waals surface area contributed by atoms with Crippen molar-refractivity contribution >= 4 is 5.91 Å². The SMILES string of the molecule is [CH2-][NH+]1CCC[C@H](C(=O)N(C)C)C1. The number of nitrogens with zero attached hydrogens (tertiary/aromatic N) is 1. The second kappa shape index (κ2) is 3.90. The molecule has 0 saturated carbocycles. The topological polar surface area (TPSA) is 24.8 Å². The van der Waals surface area contributed by atoms with E-state index in [0.717, 1.165) is 25.9 Å². The lowest BCUT2D eigenvalue weighted by atomic mass is 9.97. The van der Waals surface area contributed by atoms with Crippen LogP contribution < -0.4 is 4.90 Å². The van der Waals surface area contributed by atoms with Crippen molar-refractivity contribution in [1.82, 2.24) is 4.90 Å². The molecule has 1 aliphatic rings. The number of nitrogens with one attached hydrogen (secondary N) is 1. The van der Waals surface area contributed by atoms with Gasteiger partial charge in [0.25, 0.3) is 0 Å². The van der Waals surface area contributed by atoms with Crippen LogP contribution in [0.1, 0.15) is 12.8 Å². The summed E-state index contributed by atoms with van der Waals surface area (Å²) in [6, 6.07) is 0. The van der Waals surface area contributed by atoms with E-state index in [0.29, 0.717) is 0 Å². The lowest BCUT2D eigenvalue weighted by Gasteiger charge is -2.32. The van der Waals surface area contributed by atoms with Gasteiger partial charge in [0, 0.05) is 14.1 Å². The van der Waals surface area contributed by atoms with E-state index in [4.69, 9.17) is 0 Å². The first kappa shape index (κ1) is 9.52. The van der Waals surface area contributed by atoms with Crippen LogP contribution in [0.5, 0.6) is 0 Å². The van der Waals surface area contributed by atoms with Gasteiger partial charge in [-0.05, 0) is 12.8 Å². The fourth-order valence-electron chi connectivity index (χ4n) is 1.73. The second-order valence-electron chi connectivity index (χ2n) is 3.78. The molecule has 0 aromatic rings. The molecule has 0 aromatic carbocycles. The lowest BCUT2D eigenvalue weighted by Crippen LogP contribution is -3.08. The van der Waals surface area contributed by atoms with Crippen LogP contribution in [0.25, 0.3) is 0 Å². The standard InChI is InChI=1S/C9H18N2O/c1-10(2)9(12)8-5-4-6-11(3)7-8/h8,11H,3-7H2,1-2H3/t8-/m0/s1. The molecule has 1 fully saturated rings. The quantitative estimate of drug-likeness (QED) is 0.510. The molecule has 12 heavy (non-hydrogen) atoms. The summed E-state index contributed by atoms with van der Waals surface area (Å²) in [6.07, 6.45) is 2.17. The molecule has 70 valence electrons. The Morgan fingerprint density at radius 3 is 2.75 bits per heavy atom. The third-order valence-corrected chi connectivity index (χ3v) is 2.41. The summed E-state index contributed by atoms with van der Waals surface area (Å²) in [6.45, 7) is 2.01. The van der Waals surface area contributed by atoms with Gasteiger partial charge >= 0.3 is 0 Å². The maximum Gasteiger partial charge on any atom is 0.230 e. The minimum Gasteiger partial charge on any atom is -0.467 e. The van der Waals surface area contributed by atoms with Crippen molar-refractivity contribution in [2.24, 2.45) is 5.92 Å². The van der Waals surface area contributed by atoms with Crippen LogP contribution in [0.2, 0.25) is 0 Å². The van der Waals surface area contributed by atoms with Crippen LogP contribution in [0, 0.1) is 13.0 Å². The highest BCUT2D eigenvalue weighted by atomic mass is 16.2. The molecule has 3 nitrogen and oxygen atoms in total. The van der Waals surface area contributed by atoms with E-state index in [-0.39, 0.29) is 11.8 Å². The largest absolute Gasteiger partial charge is 0.467 e. The summed E-state index contributed by atoms with van der Waals surface area (Å²) in [7, 11) is 7.57. The number of rotatable bonds is 1. The monoisotopic (exact) mass is 170 g/mol. The number of hydrogen-bond donors (Lipinski definition) is 1. The van der Waals surface area contributed by atoms with Gasteiger partial charge in [-0.2, -0.15) is 7.05 Å². The Labute approximate surface area is 74.3 Å². The van der Waals surface area contributed by atoms with Gasteiger partial charge < -0.3 is 9.80 Å². The van der Waals surface area contributed by atoms with Crippen molar-refractivity contribution in [3.63, 3.8) is 0 Å². The Bertz CT molecular complexity index is 168. The lowest BCUT2D eigenvalue weighted by molar-refractivity contribution is -0.861. The average molecular weight is 170 g/mol. The molecular formula is C9H18N2O. The van der Waals surface area contributed by atoms with Crippen LogP contribution >= 0.6 is 0 Å². The normalized spacial score (nSPS) is 29.9. The highest BCUT2D eigenvalue weighted by Gasteiger charge is 2.25. The number of amides is 1. The maximum atomic E-state index is 11.5. The molecule has 1 aliphatic heterocycles. The van der Waals surface area contributed by atoms with E-state index in [1.54, 1.807) is 4.90 Å². The Morgan fingerprint density at radius 2 is 2.25 bits per heavy atom. The third kappa shape index (κ3) is 2.21. The molecular weight excluding hydrogens is 152 g/mol. The first-order chi connectivity index (χ1) is 5.61. The molecule has 1 N–H and O–H groups in total. The average Bonchev–Trinajstić information content (AvgIpc) is 2.03. The third-order valence-electron chi connectivity index (χ3n) is 2.41. The van der Waals surface area contributed by atoms with Crippen LogP contribution in [-0.4, -0.2) is 38.0 Å². The number of carbonyl (C=O) groups excluding carboxylic acids is 1. The van der Waals surface area contributed by atoms with Crippen molar-refractivity contribution in [3.05, 3.63) is 7.05 Å². The van der Waals surface area contributed by atoms with Crippen LogP contribution in [0.15, 0.2) is 0 Å². The fourth-order valence-corrected chi connectivity index (χ4v) is 1.73. The molecule has 1 unspecified atom stereocenters. The highest BCUT2D eigenvalue weighted by molar-refractivity contribution is 5.78. The summed E-state index contributed by atoms with van der Waals surface area (Å²) in [4.78, 5) is 14.4. The van der Waals surface area contributed by atoms with Gasteiger partial charge in [-0.25, -0.2) is 0 Å². The van der Waals surface area contributed by atoms with Crippen LogP contribution in [0.3, 0.4) is 0 Å². The fraction of sp³-hybridized carbons (Fsp3) is 0.778. The maximum absolute atomic E-state index is 11.5. The molecule has 1 heterocycles.